The number of halogens is 3. The van der Waals surface area contributed by atoms with Gasteiger partial charge in [0, 0.05) is 32.2 Å². The van der Waals surface area contributed by atoms with Crippen LogP contribution < -0.4 is 10.2 Å². The van der Waals surface area contributed by atoms with E-state index in [1.807, 2.05) is 4.90 Å². The fraction of sp³-hybridized carbons (Fsp3) is 0.600. The molecule has 0 saturated carbocycles. The van der Waals surface area contributed by atoms with Crippen molar-refractivity contribution in [3.63, 3.8) is 0 Å². The molecule has 0 aliphatic carbocycles. The summed E-state index contributed by atoms with van der Waals surface area (Å²) in [5.74, 6) is -0.969. The van der Waals surface area contributed by atoms with Gasteiger partial charge in [-0.3, -0.25) is 4.79 Å². The third-order valence-corrected chi connectivity index (χ3v) is 4.33. The van der Waals surface area contributed by atoms with E-state index in [1.165, 1.54) is 6.07 Å². The molecule has 3 heterocycles. The quantitative estimate of drug-likeness (QED) is 0.756. The summed E-state index contributed by atoms with van der Waals surface area (Å²) in [5, 5.41) is 22.2. The van der Waals surface area contributed by atoms with Crippen LogP contribution in [0.5, 0.6) is 0 Å². The van der Waals surface area contributed by atoms with Gasteiger partial charge in [-0.25, -0.2) is 0 Å². The lowest BCUT2D eigenvalue weighted by atomic mass is 9.96. The van der Waals surface area contributed by atoms with Gasteiger partial charge in [0.1, 0.15) is 5.82 Å². The van der Waals surface area contributed by atoms with Crippen molar-refractivity contribution >= 4 is 17.4 Å². The summed E-state index contributed by atoms with van der Waals surface area (Å²) in [4.78, 5) is 13.9. The smallest absolute Gasteiger partial charge is 0.396 e. The summed E-state index contributed by atoms with van der Waals surface area (Å²) in [6, 6.07) is 3.05. The molecule has 1 saturated heterocycles. The van der Waals surface area contributed by atoms with Gasteiger partial charge in [-0.1, -0.05) is 0 Å². The maximum atomic E-state index is 13.0. The summed E-state index contributed by atoms with van der Waals surface area (Å²) < 4.78 is 39.6. The largest absolute Gasteiger partial charge is 0.453 e. The Morgan fingerprint density at radius 1 is 1.27 bits per heavy atom. The predicted octanol–water partition coefficient (Wildman–Crippen LogP) is 0.858. The van der Waals surface area contributed by atoms with Crippen LogP contribution >= 0.6 is 0 Å². The Bertz CT molecular complexity index is 770. The van der Waals surface area contributed by atoms with Crippen molar-refractivity contribution in [2.75, 3.05) is 31.1 Å². The highest BCUT2D eigenvalue weighted by atomic mass is 19.4. The Balaban J connectivity index is 1.67. The molecule has 1 aliphatic rings. The number of rotatable bonds is 5. The second-order valence-corrected chi connectivity index (χ2v) is 6.11. The molecule has 11 heteroatoms. The van der Waals surface area contributed by atoms with Gasteiger partial charge in [-0.2, -0.15) is 17.7 Å². The molecule has 3 rings (SSSR count). The lowest BCUT2D eigenvalue weighted by molar-refractivity contribution is -0.146. The molecule has 2 aromatic rings. The summed E-state index contributed by atoms with van der Waals surface area (Å²) >= 11 is 0. The molecule has 1 amide bonds. The van der Waals surface area contributed by atoms with E-state index in [0.717, 1.165) is 0 Å². The van der Waals surface area contributed by atoms with Gasteiger partial charge in [-0.15, -0.1) is 15.3 Å². The number of nitrogens with one attached hydrogen (secondary N) is 1. The van der Waals surface area contributed by atoms with Crippen molar-refractivity contribution < 1.29 is 23.1 Å². The maximum Gasteiger partial charge on any atom is 0.453 e. The number of nitrogens with zero attached hydrogens (tertiary/aromatic N) is 5. The van der Waals surface area contributed by atoms with Gasteiger partial charge in [0.25, 0.3) is 5.82 Å². The van der Waals surface area contributed by atoms with Crippen LogP contribution in [0.15, 0.2) is 12.1 Å². The minimum absolute atomic E-state index is 0.0237. The molecule has 2 aromatic heterocycles. The normalized spacial score (nSPS) is 16.2. The molecule has 0 atom stereocenters. The first-order chi connectivity index (χ1) is 12.4. The zero-order chi connectivity index (χ0) is 18.7. The van der Waals surface area contributed by atoms with E-state index >= 15 is 0 Å². The molecule has 1 fully saturated rings. The molecule has 2 N–H and O–H groups in total. The van der Waals surface area contributed by atoms with E-state index < -0.39 is 12.0 Å². The molecule has 0 aromatic carbocycles. The van der Waals surface area contributed by atoms with Crippen LogP contribution in [-0.2, 0) is 11.0 Å². The van der Waals surface area contributed by atoms with Crippen LogP contribution in [0.4, 0.5) is 19.0 Å². The van der Waals surface area contributed by atoms with Gasteiger partial charge in [0.05, 0.1) is 0 Å². The number of aliphatic hydroxyl groups is 1. The molecule has 1 aliphatic heterocycles. The third kappa shape index (κ3) is 3.87. The highest BCUT2D eigenvalue weighted by Gasteiger charge is 2.38. The van der Waals surface area contributed by atoms with Gasteiger partial charge in [0.2, 0.25) is 5.91 Å². The van der Waals surface area contributed by atoms with Crippen molar-refractivity contribution in [2.45, 2.75) is 25.4 Å². The van der Waals surface area contributed by atoms with Crippen LogP contribution in [-0.4, -0.2) is 57.1 Å². The Labute approximate surface area is 147 Å². The first kappa shape index (κ1) is 18.4. The lowest BCUT2D eigenvalue weighted by Crippen LogP contribution is -2.41. The average Bonchev–Trinajstić information content (AvgIpc) is 3.05. The van der Waals surface area contributed by atoms with Gasteiger partial charge in [-0.05, 0) is 31.4 Å². The van der Waals surface area contributed by atoms with E-state index in [4.69, 9.17) is 5.11 Å². The number of amides is 1. The third-order valence-electron chi connectivity index (χ3n) is 4.33. The summed E-state index contributed by atoms with van der Waals surface area (Å²) in [6.07, 6.45) is -2.96. The van der Waals surface area contributed by atoms with Crippen LogP contribution in [0, 0.1) is 5.92 Å². The van der Waals surface area contributed by atoms with Crippen LogP contribution in [0.25, 0.3) is 5.65 Å². The fourth-order valence-corrected chi connectivity index (χ4v) is 2.93. The number of piperidine rings is 1. The molecule has 142 valence electrons. The maximum absolute atomic E-state index is 13.0. The van der Waals surface area contributed by atoms with Crippen molar-refractivity contribution in [1.29, 1.82) is 0 Å². The second kappa shape index (κ2) is 7.44. The standard InChI is InChI=1S/C15H19F3N6O2/c16-15(17,18)14-21-20-11-2-3-12(22-24(11)14)23-7-4-10(5-8-23)13(26)19-6-1-9-25/h2-3,10,25H,1,4-9H2,(H,19,26). The Kier molecular flexibility index (Phi) is 5.25. The number of alkyl halides is 3. The van der Waals surface area contributed by atoms with Crippen LogP contribution in [0.3, 0.4) is 0 Å². The van der Waals surface area contributed by atoms with Crippen molar-refractivity contribution in [3.8, 4) is 0 Å². The van der Waals surface area contributed by atoms with E-state index in [1.54, 1.807) is 6.07 Å². The lowest BCUT2D eigenvalue weighted by Gasteiger charge is -2.32. The zero-order valence-corrected chi connectivity index (χ0v) is 13.9. The molecule has 0 bridgehead atoms. The Hall–Kier alpha value is -2.43. The molecular formula is C15H19F3N6O2. The highest BCUT2D eigenvalue weighted by molar-refractivity contribution is 5.78. The number of aliphatic hydroxyl groups excluding tert-OH is 1. The van der Waals surface area contributed by atoms with E-state index in [2.05, 4.69) is 20.6 Å². The zero-order valence-electron chi connectivity index (χ0n) is 13.9. The minimum Gasteiger partial charge on any atom is -0.396 e. The van der Waals surface area contributed by atoms with E-state index in [0.29, 0.717) is 49.2 Å². The Morgan fingerprint density at radius 3 is 2.65 bits per heavy atom. The molecule has 0 radical (unpaired) electrons. The van der Waals surface area contributed by atoms with Crippen molar-refractivity contribution in [3.05, 3.63) is 18.0 Å². The molecule has 8 nitrogen and oxygen atoms in total. The first-order valence-corrected chi connectivity index (χ1v) is 8.33. The molecular weight excluding hydrogens is 353 g/mol. The molecule has 26 heavy (non-hydrogen) atoms. The van der Waals surface area contributed by atoms with Crippen molar-refractivity contribution in [1.82, 2.24) is 25.1 Å². The minimum atomic E-state index is -4.63. The summed E-state index contributed by atoms with van der Waals surface area (Å²) in [7, 11) is 0. The van der Waals surface area contributed by atoms with Gasteiger partial charge < -0.3 is 15.3 Å². The number of anilines is 1. The number of carbonyl (C=O) groups excluding carboxylic acids is 1. The Morgan fingerprint density at radius 2 is 2.00 bits per heavy atom. The summed E-state index contributed by atoms with van der Waals surface area (Å²) in [5.41, 5.74) is 0.0271. The van der Waals surface area contributed by atoms with Gasteiger partial charge >= 0.3 is 6.18 Å². The first-order valence-electron chi connectivity index (χ1n) is 8.33. The van der Waals surface area contributed by atoms with Crippen LogP contribution in [0.2, 0.25) is 0 Å². The second-order valence-electron chi connectivity index (χ2n) is 6.11. The van der Waals surface area contributed by atoms with Crippen molar-refractivity contribution in [2.24, 2.45) is 5.92 Å². The van der Waals surface area contributed by atoms with Gasteiger partial charge in [0.15, 0.2) is 5.65 Å². The molecule has 0 unspecified atom stereocenters. The van der Waals surface area contributed by atoms with E-state index in [9.17, 15) is 18.0 Å². The summed E-state index contributed by atoms with van der Waals surface area (Å²) in [6.45, 7) is 1.48. The van der Waals surface area contributed by atoms with Crippen LogP contribution in [0.1, 0.15) is 25.1 Å². The average molecular weight is 372 g/mol. The number of hydrogen-bond acceptors (Lipinski definition) is 6. The fourth-order valence-electron chi connectivity index (χ4n) is 2.93. The number of aromatic nitrogens is 4. The predicted molar refractivity (Wildman–Crippen MR) is 85.4 cm³/mol. The topological polar surface area (TPSA) is 95.7 Å². The van der Waals surface area contributed by atoms with E-state index in [-0.39, 0.29) is 24.1 Å². The SMILES string of the molecule is O=C(NCCCO)C1CCN(c2ccc3nnc(C(F)(F)F)n3n2)CC1. The molecule has 0 spiro atoms. The number of fused-ring (bicyclic) bond motifs is 1. The monoisotopic (exact) mass is 372 g/mol. The highest BCUT2D eigenvalue weighted by Crippen LogP contribution is 2.28. The number of carbonyl (C=O) groups is 1. The number of hydrogen-bond donors (Lipinski definition) is 2.